The van der Waals surface area contributed by atoms with Gasteiger partial charge in [0.1, 0.15) is 5.75 Å². The van der Waals surface area contributed by atoms with Crippen LogP contribution < -0.4 is 10.1 Å². The van der Waals surface area contributed by atoms with E-state index >= 15 is 0 Å². The van der Waals surface area contributed by atoms with Crippen molar-refractivity contribution in [3.8, 4) is 5.75 Å². The van der Waals surface area contributed by atoms with Crippen LogP contribution >= 0.6 is 15.9 Å². The van der Waals surface area contributed by atoms with Crippen molar-refractivity contribution in [2.45, 2.75) is 0 Å². The minimum Gasteiger partial charge on any atom is -0.496 e. The molecule has 0 unspecified atom stereocenters. The first kappa shape index (κ1) is 12.6. The van der Waals surface area contributed by atoms with Crippen LogP contribution in [0, 0.1) is 0 Å². The second kappa shape index (κ2) is 5.55. The molecule has 0 spiro atoms. The summed E-state index contributed by atoms with van der Waals surface area (Å²) in [6.45, 7) is 3.45. The molecule has 0 aliphatic carbocycles. The number of methoxy groups -OCH3 is 2. The Morgan fingerprint density at radius 2 is 2.12 bits per heavy atom. The van der Waals surface area contributed by atoms with Crippen molar-refractivity contribution >= 4 is 27.5 Å². The molecule has 0 radical (unpaired) electrons. The number of rotatable bonds is 4. The highest BCUT2D eigenvalue weighted by molar-refractivity contribution is 9.10. The van der Waals surface area contributed by atoms with Gasteiger partial charge in [0.2, 0.25) is 0 Å². The van der Waals surface area contributed by atoms with Crippen LogP contribution in [0.2, 0.25) is 0 Å². The van der Waals surface area contributed by atoms with Crippen LogP contribution in [0.15, 0.2) is 35.0 Å². The lowest BCUT2D eigenvalue weighted by Crippen LogP contribution is -2.14. The second-order valence-electron chi connectivity index (χ2n) is 2.93. The Morgan fingerprint density at radius 3 is 2.62 bits per heavy atom. The standard InChI is InChI=1S/C11H12BrNO3/c1-7(15-2)11(14)13-8-4-5-10(16-3)9(12)6-8/h4-6H,1H2,2-3H3,(H,13,14). The maximum atomic E-state index is 11.4. The van der Waals surface area contributed by atoms with Gasteiger partial charge in [-0.05, 0) is 34.1 Å². The lowest BCUT2D eigenvalue weighted by atomic mass is 10.3. The van der Waals surface area contributed by atoms with Gasteiger partial charge in [-0.15, -0.1) is 0 Å². The van der Waals surface area contributed by atoms with Gasteiger partial charge in [0.15, 0.2) is 5.76 Å². The topological polar surface area (TPSA) is 47.6 Å². The zero-order valence-corrected chi connectivity index (χ0v) is 10.6. The fourth-order valence-corrected chi connectivity index (χ4v) is 1.58. The van der Waals surface area contributed by atoms with Gasteiger partial charge in [-0.1, -0.05) is 6.58 Å². The molecule has 0 aliphatic heterocycles. The Kier molecular flexibility index (Phi) is 4.37. The Morgan fingerprint density at radius 1 is 1.44 bits per heavy atom. The van der Waals surface area contributed by atoms with Gasteiger partial charge in [-0.2, -0.15) is 0 Å². The fourth-order valence-electron chi connectivity index (χ4n) is 1.04. The number of halogens is 1. The molecule has 0 saturated carbocycles. The summed E-state index contributed by atoms with van der Waals surface area (Å²) in [5.74, 6) is 0.384. The number of hydrogen-bond donors (Lipinski definition) is 1. The first-order valence-corrected chi connectivity index (χ1v) is 5.25. The number of carbonyl (C=O) groups is 1. The zero-order chi connectivity index (χ0) is 12.1. The Bertz CT molecular complexity index is 418. The number of amides is 1. The molecular weight excluding hydrogens is 274 g/mol. The lowest BCUT2D eigenvalue weighted by molar-refractivity contribution is -0.115. The van der Waals surface area contributed by atoms with Gasteiger partial charge < -0.3 is 14.8 Å². The van der Waals surface area contributed by atoms with Crippen molar-refractivity contribution < 1.29 is 14.3 Å². The molecule has 1 aromatic rings. The van der Waals surface area contributed by atoms with Gasteiger partial charge in [0, 0.05) is 5.69 Å². The summed E-state index contributed by atoms with van der Waals surface area (Å²) in [7, 11) is 2.97. The van der Waals surface area contributed by atoms with Crippen molar-refractivity contribution in [1.82, 2.24) is 0 Å². The minimum atomic E-state index is -0.375. The lowest BCUT2D eigenvalue weighted by Gasteiger charge is -2.08. The van der Waals surface area contributed by atoms with E-state index in [9.17, 15) is 4.79 Å². The van der Waals surface area contributed by atoms with E-state index in [4.69, 9.17) is 9.47 Å². The van der Waals surface area contributed by atoms with Gasteiger partial charge >= 0.3 is 0 Å². The number of ether oxygens (including phenoxy) is 2. The Balaban J connectivity index is 2.79. The predicted octanol–water partition coefficient (Wildman–Crippen LogP) is 2.56. The van der Waals surface area contributed by atoms with Crippen molar-refractivity contribution in [3.05, 3.63) is 35.0 Å². The normalized spacial score (nSPS) is 9.44. The van der Waals surface area contributed by atoms with Crippen LogP contribution in [-0.4, -0.2) is 20.1 Å². The molecule has 0 bridgehead atoms. The minimum absolute atomic E-state index is 0.0620. The van der Waals surface area contributed by atoms with Crippen molar-refractivity contribution in [3.63, 3.8) is 0 Å². The van der Waals surface area contributed by atoms with E-state index in [2.05, 4.69) is 27.8 Å². The summed E-state index contributed by atoms with van der Waals surface area (Å²) in [6.07, 6.45) is 0. The molecule has 0 aliphatic rings. The molecule has 0 atom stereocenters. The van der Waals surface area contributed by atoms with Crippen molar-refractivity contribution in [1.29, 1.82) is 0 Å². The van der Waals surface area contributed by atoms with Crippen molar-refractivity contribution in [2.24, 2.45) is 0 Å². The SMILES string of the molecule is C=C(OC)C(=O)Nc1ccc(OC)c(Br)c1. The quantitative estimate of drug-likeness (QED) is 0.683. The maximum Gasteiger partial charge on any atom is 0.290 e. The van der Waals surface area contributed by atoms with Crippen molar-refractivity contribution in [2.75, 3.05) is 19.5 Å². The highest BCUT2D eigenvalue weighted by Gasteiger charge is 2.08. The van der Waals surface area contributed by atoms with E-state index in [0.29, 0.717) is 11.4 Å². The molecule has 0 heterocycles. The van der Waals surface area contributed by atoms with Gasteiger partial charge in [-0.25, -0.2) is 0 Å². The summed E-state index contributed by atoms with van der Waals surface area (Å²) < 4.78 is 10.5. The van der Waals surface area contributed by atoms with Crippen LogP contribution in [0.1, 0.15) is 0 Å². The van der Waals surface area contributed by atoms with E-state index in [0.717, 1.165) is 4.47 Å². The zero-order valence-electron chi connectivity index (χ0n) is 9.04. The molecule has 0 fully saturated rings. The molecule has 1 aromatic carbocycles. The smallest absolute Gasteiger partial charge is 0.290 e. The van der Waals surface area contributed by atoms with Crippen LogP contribution in [-0.2, 0) is 9.53 Å². The summed E-state index contributed by atoms with van der Waals surface area (Å²) in [6, 6.07) is 5.21. The monoisotopic (exact) mass is 285 g/mol. The maximum absolute atomic E-state index is 11.4. The number of hydrogen-bond acceptors (Lipinski definition) is 3. The predicted molar refractivity (Wildman–Crippen MR) is 65.5 cm³/mol. The van der Waals surface area contributed by atoms with Gasteiger partial charge in [0.05, 0.1) is 18.7 Å². The van der Waals surface area contributed by atoms with E-state index in [1.54, 1.807) is 25.3 Å². The second-order valence-corrected chi connectivity index (χ2v) is 3.79. The van der Waals surface area contributed by atoms with Crippen LogP contribution in [0.4, 0.5) is 5.69 Å². The largest absolute Gasteiger partial charge is 0.496 e. The van der Waals surface area contributed by atoms with E-state index in [1.807, 2.05) is 0 Å². The first-order chi connectivity index (χ1) is 7.58. The number of anilines is 1. The average Bonchev–Trinajstić information content (AvgIpc) is 2.28. The molecule has 0 saturated heterocycles. The highest BCUT2D eigenvalue weighted by Crippen LogP contribution is 2.27. The number of carbonyl (C=O) groups excluding carboxylic acids is 1. The third-order valence-electron chi connectivity index (χ3n) is 1.91. The average molecular weight is 286 g/mol. The fraction of sp³-hybridized carbons (Fsp3) is 0.182. The molecule has 86 valence electrons. The van der Waals surface area contributed by atoms with Gasteiger partial charge in [0.25, 0.3) is 5.91 Å². The molecule has 0 aromatic heterocycles. The third kappa shape index (κ3) is 3.00. The summed E-state index contributed by atoms with van der Waals surface area (Å²) >= 11 is 3.32. The molecule has 1 N–H and O–H groups in total. The van der Waals surface area contributed by atoms with Crippen LogP contribution in [0.5, 0.6) is 5.75 Å². The Labute approximate surface area is 102 Å². The molecule has 4 nitrogen and oxygen atoms in total. The molecule has 1 amide bonds. The summed E-state index contributed by atoms with van der Waals surface area (Å²) in [5, 5.41) is 2.64. The Hall–Kier alpha value is -1.49. The summed E-state index contributed by atoms with van der Waals surface area (Å²) in [4.78, 5) is 11.4. The highest BCUT2D eigenvalue weighted by atomic mass is 79.9. The summed E-state index contributed by atoms with van der Waals surface area (Å²) in [5.41, 5.74) is 0.635. The molecule has 1 rings (SSSR count). The van der Waals surface area contributed by atoms with Gasteiger partial charge in [-0.3, -0.25) is 4.79 Å². The molecule has 16 heavy (non-hydrogen) atoms. The number of benzene rings is 1. The van der Waals surface area contributed by atoms with Crippen LogP contribution in [0.25, 0.3) is 0 Å². The molecule has 5 heteroatoms. The molecular formula is C11H12BrNO3. The first-order valence-electron chi connectivity index (χ1n) is 4.46. The number of nitrogens with one attached hydrogen (secondary N) is 1. The third-order valence-corrected chi connectivity index (χ3v) is 2.53. The van der Waals surface area contributed by atoms with E-state index in [-0.39, 0.29) is 11.7 Å². The van der Waals surface area contributed by atoms with E-state index in [1.165, 1.54) is 7.11 Å². The van der Waals surface area contributed by atoms with E-state index < -0.39 is 0 Å². The van der Waals surface area contributed by atoms with Crippen LogP contribution in [0.3, 0.4) is 0 Å².